The van der Waals surface area contributed by atoms with Gasteiger partial charge in [0.1, 0.15) is 0 Å². The maximum Gasteiger partial charge on any atom is 0.267 e. The number of H-pyrrole nitrogens is 1. The molecular formula is C18H18N2O2. The van der Waals surface area contributed by atoms with E-state index in [1.54, 1.807) is 10.7 Å². The van der Waals surface area contributed by atoms with E-state index in [2.05, 4.69) is 5.10 Å². The Morgan fingerprint density at radius 1 is 0.864 bits per heavy atom. The fourth-order valence-corrected chi connectivity index (χ4v) is 2.30. The van der Waals surface area contributed by atoms with Crippen LogP contribution in [0.4, 0.5) is 0 Å². The Hall–Kier alpha value is -2.59. The van der Waals surface area contributed by atoms with E-state index in [1.807, 2.05) is 60.7 Å². The van der Waals surface area contributed by atoms with Crippen molar-refractivity contribution in [3.8, 4) is 0 Å². The average molecular weight is 294 g/mol. The Kier molecular flexibility index (Phi) is 4.51. The fourth-order valence-electron chi connectivity index (χ4n) is 2.30. The van der Waals surface area contributed by atoms with Gasteiger partial charge in [-0.1, -0.05) is 60.7 Å². The van der Waals surface area contributed by atoms with E-state index in [4.69, 9.17) is 4.74 Å². The van der Waals surface area contributed by atoms with Gasteiger partial charge in [0.05, 0.1) is 25.5 Å². The third-order valence-electron chi connectivity index (χ3n) is 3.39. The molecule has 0 saturated heterocycles. The summed E-state index contributed by atoms with van der Waals surface area (Å²) in [6.45, 7) is 1.47. The molecule has 0 aliphatic rings. The van der Waals surface area contributed by atoms with Gasteiger partial charge in [0.25, 0.3) is 5.56 Å². The minimum atomic E-state index is -0.0397. The molecule has 0 bridgehead atoms. The highest BCUT2D eigenvalue weighted by molar-refractivity contribution is 5.15. The Bertz CT molecular complexity index is 761. The van der Waals surface area contributed by atoms with E-state index < -0.39 is 0 Å². The van der Waals surface area contributed by atoms with Crippen LogP contribution in [0.1, 0.15) is 16.8 Å². The second kappa shape index (κ2) is 6.91. The first-order chi connectivity index (χ1) is 10.8. The zero-order valence-corrected chi connectivity index (χ0v) is 12.2. The van der Waals surface area contributed by atoms with Crippen molar-refractivity contribution < 1.29 is 4.74 Å². The fraction of sp³-hybridized carbons (Fsp3) is 0.167. The van der Waals surface area contributed by atoms with Crippen molar-refractivity contribution in [2.75, 3.05) is 0 Å². The highest BCUT2D eigenvalue weighted by Gasteiger charge is 2.04. The average Bonchev–Trinajstić information content (AvgIpc) is 2.89. The second-order valence-electron chi connectivity index (χ2n) is 5.17. The van der Waals surface area contributed by atoms with Gasteiger partial charge in [0.15, 0.2) is 0 Å². The number of hydrogen-bond donors (Lipinski definition) is 1. The first-order valence-corrected chi connectivity index (χ1v) is 7.25. The number of hydrogen-bond acceptors (Lipinski definition) is 2. The van der Waals surface area contributed by atoms with Crippen LogP contribution in [-0.2, 0) is 24.5 Å². The number of nitrogens with zero attached hydrogens (tertiary/aromatic N) is 1. The highest BCUT2D eigenvalue weighted by Crippen LogP contribution is 2.04. The van der Waals surface area contributed by atoms with Crippen LogP contribution in [0.5, 0.6) is 0 Å². The molecule has 4 nitrogen and oxygen atoms in total. The largest absolute Gasteiger partial charge is 0.371 e. The number of nitrogens with one attached hydrogen (secondary N) is 1. The molecule has 3 aromatic rings. The van der Waals surface area contributed by atoms with Crippen LogP contribution in [0.2, 0.25) is 0 Å². The van der Waals surface area contributed by atoms with Crippen molar-refractivity contribution in [1.82, 2.24) is 9.78 Å². The maximum atomic E-state index is 12.0. The summed E-state index contributed by atoms with van der Waals surface area (Å²) in [6, 6.07) is 21.5. The first kappa shape index (κ1) is 14.4. The Morgan fingerprint density at radius 3 is 2.18 bits per heavy atom. The van der Waals surface area contributed by atoms with Gasteiger partial charge in [-0.25, -0.2) is 4.68 Å². The number of aromatic nitrogens is 2. The Labute approximate surface area is 129 Å². The predicted molar refractivity (Wildman–Crippen MR) is 85.5 cm³/mol. The summed E-state index contributed by atoms with van der Waals surface area (Å²) in [7, 11) is 0. The van der Waals surface area contributed by atoms with Crippen LogP contribution in [-0.4, -0.2) is 9.78 Å². The quantitative estimate of drug-likeness (QED) is 0.760. The topological polar surface area (TPSA) is 47.0 Å². The molecule has 0 atom stereocenters. The lowest BCUT2D eigenvalue weighted by atomic mass is 10.2. The third-order valence-corrected chi connectivity index (χ3v) is 3.39. The second-order valence-corrected chi connectivity index (χ2v) is 5.17. The van der Waals surface area contributed by atoms with E-state index in [1.165, 1.54) is 0 Å². The normalized spacial score (nSPS) is 10.7. The molecule has 0 radical (unpaired) electrons. The molecule has 0 fully saturated rings. The van der Waals surface area contributed by atoms with Crippen molar-refractivity contribution in [3.63, 3.8) is 0 Å². The SMILES string of the molecule is O=c1cc(COCc2ccccc2)[nH]n1Cc1ccccc1. The molecule has 1 heterocycles. The van der Waals surface area contributed by atoms with Crippen molar-refractivity contribution in [2.45, 2.75) is 19.8 Å². The van der Waals surface area contributed by atoms with Gasteiger partial charge in [-0.05, 0) is 11.1 Å². The summed E-state index contributed by atoms with van der Waals surface area (Å²) >= 11 is 0. The van der Waals surface area contributed by atoms with Gasteiger partial charge in [-0.2, -0.15) is 0 Å². The van der Waals surface area contributed by atoms with Gasteiger partial charge in [-0.3, -0.25) is 9.89 Å². The summed E-state index contributed by atoms with van der Waals surface area (Å²) in [5, 5.41) is 3.10. The van der Waals surface area contributed by atoms with Crippen LogP contribution in [0.25, 0.3) is 0 Å². The lowest BCUT2D eigenvalue weighted by molar-refractivity contribution is 0.104. The van der Waals surface area contributed by atoms with E-state index in [9.17, 15) is 4.79 Å². The molecule has 0 saturated carbocycles. The van der Waals surface area contributed by atoms with Crippen LogP contribution in [0.3, 0.4) is 0 Å². The van der Waals surface area contributed by atoms with E-state index in [0.717, 1.165) is 16.8 Å². The zero-order chi connectivity index (χ0) is 15.2. The van der Waals surface area contributed by atoms with Crippen LogP contribution in [0, 0.1) is 0 Å². The summed E-state index contributed by atoms with van der Waals surface area (Å²) in [5.41, 5.74) is 2.95. The lowest BCUT2D eigenvalue weighted by Crippen LogP contribution is -2.16. The molecule has 0 unspecified atom stereocenters. The molecular weight excluding hydrogens is 276 g/mol. The standard InChI is InChI=1S/C18H18N2O2/c21-18-11-17(14-22-13-16-9-5-2-6-10-16)19-20(18)12-15-7-3-1-4-8-15/h1-11,19H,12-14H2. The Morgan fingerprint density at radius 2 is 1.50 bits per heavy atom. The predicted octanol–water partition coefficient (Wildman–Crippen LogP) is 2.94. The molecule has 0 aliphatic heterocycles. The van der Waals surface area contributed by atoms with Gasteiger partial charge >= 0.3 is 0 Å². The number of ether oxygens (including phenoxy) is 1. The highest BCUT2D eigenvalue weighted by atomic mass is 16.5. The minimum Gasteiger partial charge on any atom is -0.371 e. The van der Waals surface area contributed by atoms with E-state index in [0.29, 0.717) is 19.8 Å². The monoisotopic (exact) mass is 294 g/mol. The molecule has 1 N–H and O–H groups in total. The van der Waals surface area contributed by atoms with E-state index in [-0.39, 0.29) is 5.56 Å². The minimum absolute atomic E-state index is 0.0397. The summed E-state index contributed by atoms with van der Waals surface area (Å²) in [5.74, 6) is 0. The van der Waals surface area contributed by atoms with Crippen molar-refractivity contribution in [1.29, 1.82) is 0 Å². The number of benzene rings is 2. The molecule has 0 spiro atoms. The first-order valence-electron chi connectivity index (χ1n) is 7.25. The van der Waals surface area contributed by atoms with Gasteiger partial charge in [0, 0.05) is 6.07 Å². The van der Waals surface area contributed by atoms with Crippen molar-refractivity contribution in [2.24, 2.45) is 0 Å². The maximum absolute atomic E-state index is 12.0. The van der Waals surface area contributed by atoms with Gasteiger partial charge in [0.2, 0.25) is 0 Å². The molecule has 4 heteroatoms. The molecule has 2 aromatic carbocycles. The summed E-state index contributed by atoms with van der Waals surface area (Å²) < 4.78 is 7.23. The number of aromatic amines is 1. The number of rotatable bonds is 6. The van der Waals surface area contributed by atoms with Crippen LogP contribution >= 0.6 is 0 Å². The van der Waals surface area contributed by atoms with E-state index >= 15 is 0 Å². The van der Waals surface area contributed by atoms with Crippen LogP contribution < -0.4 is 5.56 Å². The van der Waals surface area contributed by atoms with Gasteiger partial charge < -0.3 is 4.74 Å². The summed E-state index contributed by atoms with van der Waals surface area (Å²) in [4.78, 5) is 12.0. The zero-order valence-electron chi connectivity index (χ0n) is 12.2. The van der Waals surface area contributed by atoms with Crippen molar-refractivity contribution in [3.05, 3.63) is 93.9 Å². The molecule has 0 amide bonds. The van der Waals surface area contributed by atoms with Crippen molar-refractivity contribution >= 4 is 0 Å². The summed E-state index contributed by atoms with van der Waals surface area (Å²) in [6.07, 6.45) is 0. The molecule has 3 rings (SSSR count). The molecule has 22 heavy (non-hydrogen) atoms. The molecule has 1 aromatic heterocycles. The molecule has 0 aliphatic carbocycles. The third kappa shape index (κ3) is 3.74. The van der Waals surface area contributed by atoms with Gasteiger partial charge in [-0.15, -0.1) is 0 Å². The Balaban J connectivity index is 1.59. The lowest BCUT2D eigenvalue weighted by Gasteiger charge is -2.04. The molecule has 112 valence electrons. The van der Waals surface area contributed by atoms with Crippen LogP contribution in [0.15, 0.2) is 71.5 Å². The smallest absolute Gasteiger partial charge is 0.267 e.